The van der Waals surface area contributed by atoms with Crippen LogP contribution in [0.1, 0.15) is 15.9 Å². The lowest BCUT2D eigenvalue weighted by Gasteiger charge is -2.10. The lowest BCUT2D eigenvalue weighted by Crippen LogP contribution is -2.23. The first kappa shape index (κ1) is 18.2. The highest BCUT2D eigenvalue weighted by Crippen LogP contribution is 2.23. The summed E-state index contributed by atoms with van der Waals surface area (Å²) in [5, 5.41) is 18.7. The van der Waals surface area contributed by atoms with Gasteiger partial charge in [0.2, 0.25) is 0 Å². The molecule has 0 aliphatic carbocycles. The van der Waals surface area contributed by atoms with E-state index in [9.17, 15) is 14.9 Å². The van der Waals surface area contributed by atoms with Crippen molar-refractivity contribution in [1.29, 1.82) is 0 Å². The van der Waals surface area contributed by atoms with Gasteiger partial charge in [-0.2, -0.15) is 0 Å². The van der Waals surface area contributed by atoms with E-state index in [0.717, 1.165) is 22.1 Å². The number of fused-ring (bicyclic) bond motifs is 1. The molecule has 0 radical (unpaired) electrons. The van der Waals surface area contributed by atoms with Gasteiger partial charge >= 0.3 is 0 Å². The molecule has 0 aromatic heterocycles. The molecule has 0 heterocycles. The fourth-order valence-corrected chi connectivity index (χ4v) is 2.84. The number of nitrogens with zero attached hydrogens (tertiary/aromatic N) is 1. The molecule has 0 fully saturated rings. The fourth-order valence-electron chi connectivity index (χ4n) is 2.84. The highest BCUT2D eigenvalue weighted by atomic mass is 16.6. The van der Waals surface area contributed by atoms with Gasteiger partial charge in [0, 0.05) is 31.4 Å². The Morgan fingerprint density at radius 2 is 1.81 bits per heavy atom. The molecule has 138 valence electrons. The maximum Gasteiger partial charge on any atom is 0.270 e. The topological polar surface area (TPSA) is 93.5 Å². The molecular formula is C20H19N3O4. The summed E-state index contributed by atoms with van der Waals surface area (Å²) in [4.78, 5) is 23.0. The summed E-state index contributed by atoms with van der Waals surface area (Å²) in [7, 11) is 3.29. The van der Waals surface area contributed by atoms with Crippen molar-refractivity contribution in [2.24, 2.45) is 0 Å². The second-order valence-electron chi connectivity index (χ2n) is 5.97. The number of ether oxygens (including phenoxy) is 1. The number of rotatable bonds is 6. The number of amides is 1. The van der Waals surface area contributed by atoms with Gasteiger partial charge in [-0.05, 0) is 40.6 Å². The molecule has 3 aromatic rings. The smallest absolute Gasteiger partial charge is 0.270 e. The van der Waals surface area contributed by atoms with Crippen LogP contribution in [0.4, 0.5) is 11.4 Å². The third-order valence-corrected chi connectivity index (χ3v) is 4.29. The number of non-ortho nitro benzene ring substituents is 1. The predicted octanol–water partition coefficient (Wildman–Crippen LogP) is 3.73. The van der Waals surface area contributed by atoms with Crippen LogP contribution in [0, 0.1) is 10.1 Å². The Morgan fingerprint density at radius 3 is 2.52 bits per heavy atom. The molecule has 0 saturated carbocycles. The fraction of sp³-hybridized carbons (Fsp3) is 0.150. The third-order valence-electron chi connectivity index (χ3n) is 4.29. The second kappa shape index (κ2) is 7.74. The van der Waals surface area contributed by atoms with Crippen LogP contribution in [-0.2, 0) is 6.54 Å². The Morgan fingerprint density at radius 1 is 1.07 bits per heavy atom. The van der Waals surface area contributed by atoms with Gasteiger partial charge in [0.05, 0.1) is 17.6 Å². The number of methoxy groups -OCH3 is 1. The lowest BCUT2D eigenvalue weighted by atomic mass is 10.1. The molecule has 1 amide bonds. The number of anilines is 1. The van der Waals surface area contributed by atoms with Crippen molar-refractivity contribution in [2.75, 3.05) is 19.5 Å². The Labute approximate surface area is 156 Å². The van der Waals surface area contributed by atoms with E-state index in [2.05, 4.69) is 10.6 Å². The first-order valence-corrected chi connectivity index (χ1v) is 8.33. The first-order chi connectivity index (χ1) is 13.0. The predicted molar refractivity (Wildman–Crippen MR) is 104 cm³/mol. The van der Waals surface area contributed by atoms with Gasteiger partial charge < -0.3 is 15.4 Å². The third kappa shape index (κ3) is 3.98. The van der Waals surface area contributed by atoms with E-state index in [-0.39, 0.29) is 17.2 Å². The first-order valence-electron chi connectivity index (χ1n) is 8.33. The zero-order valence-electron chi connectivity index (χ0n) is 15.0. The lowest BCUT2D eigenvalue weighted by molar-refractivity contribution is -0.384. The van der Waals surface area contributed by atoms with Crippen LogP contribution in [0.3, 0.4) is 0 Å². The Balaban J connectivity index is 1.78. The van der Waals surface area contributed by atoms with E-state index in [0.29, 0.717) is 12.2 Å². The molecule has 0 unspecified atom stereocenters. The van der Waals surface area contributed by atoms with Gasteiger partial charge in [-0.3, -0.25) is 14.9 Å². The molecule has 3 aromatic carbocycles. The molecule has 27 heavy (non-hydrogen) atoms. The van der Waals surface area contributed by atoms with Gasteiger partial charge in [0.15, 0.2) is 0 Å². The number of nitro benzene ring substituents is 1. The Hall–Kier alpha value is -3.61. The number of carbonyl (C=O) groups excluding carboxylic acids is 1. The molecule has 0 saturated heterocycles. The van der Waals surface area contributed by atoms with Crippen LogP contribution in [0.15, 0.2) is 54.6 Å². The van der Waals surface area contributed by atoms with Crippen molar-refractivity contribution in [3.8, 4) is 5.75 Å². The summed E-state index contributed by atoms with van der Waals surface area (Å²) in [6.07, 6.45) is 0. The summed E-state index contributed by atoms with van der Waals surface area (Å²) in [5.74, 6) is 0.409. The summed E-state index contributed by atoms with van der Waals surface area (Å²) in [5.41, 5.74) is 1.57. The van der Waals surface area contributed by atoms with Crippen LogP contribution in [0.25, 0.3) is 10.8 Å². The average molecular weight is 365 g/mol. The summed E-state index contributed by atoms with van der Waals surface area (Å²) >= 11 is 0. The van der Waals surface area contributed by atoms with E-state index in [1.54, 1.807) is 14.2 Å². The van der Waals surface area contributed by atoms with Crippen molar-refractivity contribution in [2.45, 2.75) is 6.54 Å². The quantitative estimate of drug-likeness (QED) is 0.513. The van der Waals surface area contributed by atoms with E-state index in [4.69, 9.17) is 4.74 Å². The largest absolute Gasteiger partial charge is 0.497 e. The summed E-state index contributed by atoms with van der Waals surface area (Å²) in [6, 6.07) is 15.8. The molecule has 2 N–H and O–H groups in total. The maximum atomic E-state index is 12.5. The molecule has 0 aliphatic rings. The molecule has 7 nitrogen and oxygen atoms in total. The summed E-state index contributed by atoms with van der Waals surface area (Å²) < 4.78 is 5.22. The highest BCUT2D eigenvalue weighted by Gasteiger charge is 2.16. The molecule has 7 heteroatoms. The zero-order chi connectivity index (χ0) is 19.4. The number of nitro groups is 1. The Kier molecular flexibility index (Phi) is 5.21. The van der Waals surface area contributed by atoms with Crippen LogP contribution in [0.5, 0.6) is 5.75 Å². The maximum absolute atomic E-state index is 12.5. The second-order valence-corrected chi connectivity index (χ2v) is 5.97. The van der Waals surface area contributed by atoms with Crippen molar-refractivity contribution in [3.63, 3.8) is 0 Å². The van der Waals surface area contributed by atoms with Crippen molar-refractivity contribution >= 4 is 28.1 Å². The van der Waals surface area contributed by atoms with E-state index < -0.39 is 4.92 Å². The summed E-state index contributed by atoms with van der Waals surface area (Å²) in [6.45, 7) is 0.312. The molecule has 0 aliphatic heterocycles. The van der Waals surface area contributed by atoms with Gasteiger partial charge in [0.1, 0.15) is 5.75 Å². The van der Waals surface area contributed by atoms with Crippen LogP contribution >= 0.6 is 0 Å². The molecular weight excluding hydrogens is 346 g/mol. The van der Waals surface area contributed by atoms with E-state index in [1.807, 2.05) is 36.4 Å². The SMILES string of the molecule is CNc1ccc([N+](=O)[O-])cc1C(=O)NCc1ccc2cc(OC)ccc2c1. The number of hydrogen-bond donors (Lipinski definition) is 2. The molecule has 3 rings (SSSR count). The van der Waals surface area contributed by atoms with Gasteiger partial charge in [-0.15, -0.1) is 0 Å². The minimum Gasteiger partial charge on any atom is -0.497 e. The van der Waals surface area contributed by atoms with E-state index in [1.165, 1.54) is 18.2 Å². The number of benzene rings is 3. The monoisotopic (exact) mass is 365 g/mol. The van der Waals surface area contributed by atoms with Gasteiger partial charge in [-0.25, -0.2) is 0 Å². The van der Waals surface area contributed by atoms with Crippen molar-refractivity contribution in [1.82, 2.24) is 5.32 Å². The van der Waals surface area contributed by atoms with Crippen LogP contribution in [-0.4, -0.2) is 25.0 Å². The Bertz CT molecular complexity index is 1020. The van der Waals surface area contributed by atoms with Crippen LogP contribution in [0.2, 0.25) is 0 Å². The van der Waals surface area contributed by atoms with E-state index >= 15 is 0 Å². The average Bonchev–Trinajstić information content (AvgIpc) is 2.70. The molecule has 0 atom stereocenters. The number of carbonyl (C=O) groups is 1. The van der Waals surface area contributed by atoms with Crippen molar-refractivity contribution in [3.05, 3.63) is 75.8 Å². The molecule has 0 bridgehead atoms. The van der Waals surface area contributed by atoms with Crippen molar-refractivity contribution < 1.29 is 14.5 Å². The molecule has 0 spiro atoms. The number of nitrogens with one attached hydrogen (secondary N) is 2. The van der Waals surface area contributed by atoms with Gasteiger partial charge in [-0.1, -0.05) is 18.2 Å². The number of hydrogen-bond acceptors (Lipinski definition) is 5. The van der Waals surface area contributed by atoms with Gasteiger partial charge in [0.25, 0.3) is 11.6 Å². The highest BCUT2D eigenvalue weighted by molar-refractivity contribution is 6.00. The minimum absolute atomic E-state index is 0.126. The minimum atomic E-state index is -0.520. The zero-order valence-corrected chi connectivity index (χ0v) is 15.0. The van der Waals surface area contributed by atoms with Crippen LogP contribution < -0.4 is 15.4 Å². The standard InChI is InChI=1S/C20H19N3O4/c1-21-19-8-6-16(23(25)26)11-18(19)20(24)22-12-13-3-4-15-10-17(27-2)7-5-14(15)9-13/h3-11,21H,12H2,1-2H3,(H,22,24). The normalized spacial score (nSPS) is 10.4.